The van der Waals surface area contributed by atoms with Crippen molar-refractivity contribution in [3.05, 3.63) is 52.3 Å². The summed E-state index contributed by atoms with van der Waals surface area (Å²) >= 11 is 0. The molecule has 28 heavy (non-hydrogen) atoms. The van der Waals surface area contributed by atoms with Gasteiger partial charge in [-0.3, -0.25) is 14.3 Å². The fourth-order valence-corrected chi connectivity index (χ4v) is 3.17. The van der Waals surface area contributed by atoms with Gasteiger partial charge in [-0.2, -0.15) is 5.10 Å². The highest BCUT2D eigenvalue weighted by molar-refractivity contribution is 5.93. The van der Waals surface area contributed by atoms with E-state index in [-0.39, 0.29) is 11.8 Å². The molecule has 0 unspecified atom stereocenters. The number of aromatic nitrogens is 2. The molecule has 152 valence electrons. The van der Waals surface area contributed by atoms with Crippen LogP contribution < -0.4 is 5.32 Å². The number of hydrogen-bond donors (Lipinski definition) is 1. The first-order valence-electron chi connectivity index (χ1n) is 9.79. The van der Waals surface area contributed by atoms with Crippen LogP contribution in [0.25, 0.3) is 0 Å². The Bertz CT molecular complexity index is 820. The Hall–Kier alpha value is -2.63. The smallest absolute Gasteiger partial charge is 0.253 e. The van der Waals surface area contributed by atoms with Crippen LogP contribution in [-0.2, 0) is 24.3 Å². The van der Waals surface area contributed by atoms with Crippen molar-refractivity contribution in [1.29, 1.82) is 0 Å². The Kier molecular flexibility index (Phi) is 7.38. The lowest BCUT2D eigenvalue weighted by Crippen LogP contribution is -2.23. The van der Waals surface area contributed by atoms with Crippen LogP contribution in [0.5, 0.6) is 0 Å². The molecule has 1 aromatic carbocycles. The molecule has 1 aromatic heterocycles. The van der Waals surface area contributed by atoms with Crippen LogP contribution in [-0.4, -0.2) is 40.6 Å². The number of nitrogens with zero attached hydrogens (tertiary/aromatic N) is 3. The highest BCUT2D eigenvalue weighted by Gasteiger charge is 2.14. The molecule has 0 fully saturated rings. The fraction of sp³-hybridized carbons (Fsp3) is 0.500. The number of amides is 2. The number of carbonyl (C=O) groups is 2. The summed E-state index contributed by atoms with van der Waals surface area (Å²) in [6.45, 7) is 9.78. The summed E-state index contributed by atoms with van der Waals surface area (Å²) in [5.74, 6) is 0.525. The van der Waals surface area contributed by atoms with E-state index in [1.165, 1.54) is 5.56 Å². The molecule has 0 atom stereocenters. The SMILES string of the molecule is Cc1nn(CC(C)C)c(C)c1CCC(=O)NCc1ccc(C(=O)N(C)C)cc1. The predicted molar refractivity (Wildman–Crippen MR) is 111 cm³/mol. The van der Waals surface area contributed by atoms with E-state index in [1.54, 1.807) is 31.1 Å². The first-order valence-corrected chi connectivity index (χ1v) is 9.79. The van der Waals surface area contributed by atoms with Gasteiger partial charge in [-0.25, -0.2) is 0 Å². The summed E-state index contributed by atoms with van der Waals surface area (Å²) in [5.41, 5.74) is 4.94. The van der Waals surface area contributed by atoms with E-state index in [0.29, 0.717) is 30.9 Å². The summed E-state index contributed by atoms with van der Waals surface area (Å²) in [7, 11) is 3.46. The van der Waals surface area contributed by atoms with Gasteiger partial charge in [0.05, 0.1) is 5.69 Å². The van der Waals surface area contributed by atoms with Gasteiger partial charge < -0.3 is 10.2 Å². The third-order valence-electron chi connectivity index (χ3n) is 4.77. The normalized spacial score (nSPS) is 11.0. The van der Waals surface area contributed by atoms with Gasteiger partial charge in [0.2, 0.25) is 5.91 Å². The van der Waals surface area contributed by atoms with Crippen LogP contribution in [0.3, 0.4) is 0 Å². The van der Waals surface area contributed by atoms with Crippen LogP contribution in [0.15, 0.2) is 24.3 Å². The van der Waals surface area contributed by atoms with Crippen molar-refractivity contribution in [2.75, 3.05) is 14.1 Å². The zero-order valence-electron chi connectivity index (χ0n) is 17.9. The molecule has 2 aromatic rings. The second-order valence-electron chi connectivity index (χ2n) is 7.90. The minimum Gasteiger partial charge on any atom is -0.352 e. The second kappa shape index (κ2) is 9.53. The molecule has 6 nitrogen and oxygen atoms in total. The van der Waals surface area contributed by atoms with Gasteiger partial charge in [0.15, 0.2) is 0 Å². The maximum Gasteiger partial charge on any atom is 0.253 e. The van der Waals surface area contributed by atoms with Crippen molar-refractivity contribution in [3.63, 3.8) is 0 Å². The molecule has 1 N–H and O–H groups in total. The Balaban J connectivity index is 1.87. The molecule has 0 spiro atoms. The van der Waals surface area contributed by atoms with Crippen molar-refractivity contribution < 1.29 is 9.59 Å². The molecule has 0 saturated carbocycles. The lowest BCUT2D eigenvalue weighted by molar-refractivity contribution is -0.121. The number of nitrogens with one attached hydrogen (secondary N) is 1. The van der Waals surface area contributed by atoms with Gasteiger partial charge in [0.1, 0.15) is 0 Å². The number of carbonyl (C=O) groups excluding carboxylic acids is 2. The van der Waals surface area contributed by atoms with E-state index in [2.05, 4.69) is 31.2 Å². The quantitative estimate of drug-likeness (QED) is 0.760. The van der Waals surface area contributed by atoms with Gasteiger partial charge in [-0.1, -0.05) is 26.0 Å². The summed E-state index contributed by atoms with van der Waals surface area (Å²) in [6.07, 6.45) is 1.13. The summed E-state index contributed by atoms with van der Waals surface area (Å²) in [5, 5.41) is 7.57. The molecule has 0 aliphatic heterocycles. The van der Waals surface area contributed by atoms with Crippen molar-refractivity contribution in [3.8, 4) is 0 Å². The van der Waals surface area contributed by atoms with Crippen LogP contribution in [0.2, 0.25) is 0 Å². The van der Waals surface area contributed by atoms with Crippen LogP contribution in [0.1, 0.15) is 53.1 Å². The lowest BCUT2D eigenvalue weighted by Gasteiger charge is -2.11. The average molecular weight is 385 g/mol. The maximum absolute atomic E-state index is 12.3. The van der Waals surface area contributed by atoms with Crippen LogP contribution >= 0.6 is 0 Å². The Labute approximate surface area is 167 Å². The standard InChI is InChI=1S/C22H32N4O2/c1-15(2)14-26-17(4)20(16(3)24-26)11-12-21(27)23-13-18-7-9-19(10-8-18)22(28)25(5)6/h7-10,15H,11-14H2,1-6H3,(H,23,27). The zero-order chi connectivity index (χ0) is 20.8. The Morgan fingerprint density at radius 3 is 2.36 bits per heavy atom. The molecule has 0 aliphatic rings. The van der Waals surface area contributed by atoms with Crippen molar-refractivity contribution in [1.82, 2.24) is 20.0 Å². The van der Waals surface area contributed by atoms with E-state index < -0.39 is 0 Å². The van der Waals surface area contributed by atoms with Crippen molar-refractivity contribution in [2.24, 2.45) is 5.92 Å². The van der Waals surface area contributed by atoms with Crippen molar-refractivity contribution >= 4 is 11.8 Å². The molecular formula is C22H32N4O2. The van der Waals surface area contributed by atoms with Crippen LogP contribution in [0.4, 0.5) is 0 Å². The minimum absolute atomic E-state index is 0.0175. The van der Waals surface area contributed by atoms with Crippen molar-refractivity contribution in [2.45, 2.75) is 53.6 Å². The Morgan fingerprint density at radius 1 is 1.14 bits per heavy atom. The van der Waals surface area contributed by atoms with Gasteiger partial charge >= 0.3 is 0 Å². The molecule has 0 aliphatic carbocycles. The third-order valence-corrected chi connectivity index (χ3v) is 4.77. The minimum atomic E-state index is -0.0284. The summed E-state index contributed by atoms with van der Waals surface area (Å²) in [6, 6.07) is 7.34. The first-order chi connectivity index (χ1) is 13.2. The monoisotopic (exact) mass is 384 g/mol. The van der Waals surface area contributed by atoms with Gasteiger partial charge in [0, 0.05) is 44.9 Å². The second-order valence-corrected chi connectivity index (χ2v) is 7.90. The molecular weight excluding hydrogens is 352 g/mol. The van der Waals surface area contributed by atoms with E-state index >= 15 is 0 Å². The Morgan fingerprint density at radius 2 is 1.79 bits per heavy atom. The largest absolute Gasteiger partial charge is 0.352 e. The van der Waals surface area contributed by atoms with Crippen LogP contribution in [0, 0.1) is 19.8 Å². The van der Waals surface area contributed by atoms with E-state index in [9.17, 15) is 9.59 Å². The maximum atomic E-state index is 12.3. The zero-order valence-corrected chi connectivity index (χ0v) is 17.9. The van der Waals surface area contributed by atoms with E-state index in [0.717, 1.165) is 23.5 Å². The van der Waals surface area contributed by atoms with Gasteiger partial charge in [-0.05, 0) is 49.4 Å². The molecule has 2 amide bonds. The number of rotatable bonds is 8. The molecule has 6 heteroatoms. The predicted octanol–water partition coefficient (Wildman–Crippen LogP) is 3.11. The highest BCUT2D eigenvalue weighted by atomic mass is 16.2. The molecule has 2 rings (SSSR count). The fourth-order valence-electron chi connectivity index (χ4n) is 3.17. The molecule has 0 saturated heterocycles. The number of aryl methyl sites for hydroxylation is 1. The summed E-state index contributed by atoms with van der Waals surface area (Å²) in [4.78, 5) is 25.7. The van der Waals surface area contributed by atoms with E-state index in [4.69, 9.17) is 0 Å². The highest BCUT2D eigenvalue weighted by Crippen LogP contribution is 2.16. The lowest BCUT2D eigenvalue weighted by atomic mass is 10.1. The first kappa shape index (κ1) is 21.7. The van der Waals surface area contributed by atoms with E-state index in [1.807, 2.05) is 23.7 Å². The molecule has 1 heterocycles. The average Bonchev–Trinajstić information content (AvgIpc) is 2.90. The number of hydrogen-bond acceptors (Lipinski definition) is 3. The van der Waals surface area contributed by atoms with Gasteiger partial charge in [-0.15, -0.1) is 0 Å². The number of benzene rings is 1. The third kappa shape index (κ3) is 5.68. The molecule has 0 radical (unpaired) electrons. The summed E-state index contributed by atoms with van der Waals surface area (Å²) < 4.78 is 2.05. The topological polar surface area (TPSA) is 67.2 Å². The molecule has 0 bridgehead atoms. The van der Waals surface area contributed by atoms with Gasteiger partial charge in [0.25, 0.3) is 5.91 Å².